The number of aryl methyl sites for hydroxylation is 1. The van der Waals surface area contributed by atoms with Crippen LogP contribution in [0.3, 0.4) is 0 Å². The number of halogens is 1. The molecule has 2 heterocycles. The molecule has 0 aliphatic rings. The highest BCUT2D eigenvalue weighted by molar-refractivity contribution is 14.0. The van der Waals surface area contributed by atoms with Crippen molar-refractivity contribution in [1.82, 2.24) is 30.4 Å². The predicted molar refractivity (Wildman–Crippen MR) is 123 cm³/mol. The van der Waals surface area contributed by atoms with E-state index in [1.54, 1.807) is 24.3 Å². The maximum Gasteiger partial charge on any atom is 0.191 e. The molecule has 1 unspecified atom stereocenters. The van der Waals surface area contributed by atoms with E-state index < -0.39 is 0 Å². The second kappa shape index (κ2) is 12.7. The SMILES string of the molecule is CCCCCCC(C)NC(=NC)NCCNc1ncnc2c1cnn2C.I. The zero-order valence-electron chi connectivity index (χ0n) is 16.8. The number of hydrogen-bond acceptors (Lipinski definition) is 5. The van der Waals surface area contributed by atoms with E-state index in [4.69, 9.17) is 0 Å². The molecule has 2 aromatic heterocycles. The highest BCUT2D eigenvalue weighted by Crippen LogP contribution is 2.17. The number of nitrogens with zero attached hydrogens (tertiary/aromatic N) is 5. The third kappa shape index (κ3) is 7.47. The molecule has 2 aromatic rings. The number of guanidine groups is 1. The Labute approximate surface area is 179 Å². The Morgan fingerprint density at radius 2 is 2.04 bits per heavy atom. The molecule has 9 heteroatoms. The van der Waals surface area contributed by atoms with E-state index in [0.29, 0.717) is 6.04 Å². The van der Waals surface area contributed by atoms with Crippen LogP contribution in [0.4, 0.5) is 5.82 Å². The van der Waals surface area contributed by atoms with E-state index in [0.717, 1.165) is 35.9 Å². The van der Waals surface area contributed by atoms with Crippen molar-refractivity contribution in [2.24, 2.45) is 12.0 Å². The van der Waals surface area contributed by atoms with Crippen molar-refractivity contribution < 1.29 is 0 Å². The van der Waals surface area contributed by atoms with Crippen LogP contribution in [0.2, 0.25) is 0 Å². The molecule has 0 aliphatic heterocycles. The number of rotatable bonds is 10. The lowest BCUT2D eigenvalue weighted by molar-refractivity contribution is 0.537. The largest absolute Gasteiger partial charge is 0.368 e. The van der Waals surface area contributed by atoms with Crippen LogP contribution in [0.1, 0.15) is 46.0 Å². The van der Waals surface area contributed by atoms with Crippen LogP contribution in [-0.2, 0) is 7.05 Å². The molecule has 0 spiro atoms. The van der Waals surface area contributed by atoms with Gasteiger partial charge in [-0.1, -0.05) is 32.6 Å². The minimum Gasteiger partial charge on any atom is -0.368 e. The van der Waals surface area contributed by atoms with Crippen LogP contribution in [0, 0.1) is 0 Å². The van der Waals surface area contributed by atoms with E-state index in [9.17, 15) is 0 Å². The Morgan fingerprint density at radius 3 is 2.78 bits per heavy atom. The Balaban J connectivity index is 0.00000364. The van der Waals surface area contributed by atoms with E-state index in [2.05, 4.69) is 49.9 Å². The summed E-state index contributed by atoms with van der Waals surface area (Å²) in [4.78, 5) is 12.8. The molecule has 2 rings (SSSR count). The first-order valence-corrected chi connectivity index (χ1v) is 9.49. The maximum atomic E-state index is 4.31. The average molecular weight is 488 g/mol. The summed E-state index contributed by atoms with van der Waals surface area (Å²) in [6.07, 6.45) is 9.66. The van der Waals surface area contributed by atoms with Crippen molar-refractivity contribution in [3.63, 3.8) is 0 Å². The van der Waals surface area contributed by atoms with Gasteiger partial charge in [-0.15, -0.1) is 24.0 Å². The lowest BCUT2D eigenvalue weighted by Crippen LogP contribution is -2.43. The fourth-order valence-electron chi connectivity index (χ4n) is 2.84. The molecule has 0 radical (unpaired) electrons. The van der Waals surface area contributed by atoms with Crippen LogP contribution in [0.25, 0.3) is 11.0 Å². The molecule has 152 valence electrons. The smallest absolute Gasteiger partial charge is 0.191 e. The third-order valence-corrected chi connectivity index (χ3v) is 4.34. The molecular weight excluding hydrogens is 455 g/mol. The molecular formula is C18H33IN8. The number of nitrogens with one attached hydrogen (secondary N) is 3. The van der Waals surface area contributed by atoms with Gasteiger partial charge in [0.2, 0.25) is 0 Å². The number of aliphatic imine (C=N–C) groups is 1. The first-order valence-electron chi connectivity index (χ1n) is 9.49. The zero-order chi connectivity index (χ0) is 18.8. The van der Waals surface area contributed by atoms with Crippen LogP contribution >= 0.6 is 24.0 Å². The topological polar surface area (TPSA) is 92.1 Å². The summed E-state index contributed by atoms with van der Waals surface area (Å²) < 4.78 is 1.74. The Kier molecular flexibility index (Phi) is 11.0. The second-order valence-corrected chi connectivity index (χ2v) is 6.55. The van der Waals surface area contributed by atoms with Gasteiger partial charge in [-0.25, -0.2) is 9.97 Å². The molecule has 3 N–H and O–H groups in total. The quantitative estimate of drug-likeness (QED) is 0.206. The van der Waals surface area contributed by atoms with Gasteiger partial charge in [-0.3, -0.25) is 9.67 Å². The first-order chi connectivity index (χ1) is 12.7. The number of aromatic nitrogens is 4. The summed E-state index contributed by atoms with van der Waals surface area (Å²) in [6.45, 7) is 5.92. The van der Waals surface area contributed by atoms with Crippen LogP contribution in [-0.4, -0.2) is 51.9 Å². The average Bonchev–Trinajstić information content (AvgIpc) is 3.03. The summed E-state index contributed by atoms with van der Waals surface area (Å²) in [7, 11) is 3.68. The molecule has 0 aliphatic carbocycles. The minimum atomic E-state index is 0. The lowest BCUT2D eigenvalue weighted by Gasteiger charge is -2.18. The highest BCUT2D eigenvalue weighted by Gasteiger charge is 2.08. The van der Waals surface area contributed by atoms with Gasteiger partial charge in [0.25, 0.3) is 0 Å². The molecule has 27 heavy (non-hydrogen) atoms. The second-order valence-electron chi connectivity index (χ2n) is 6.55. The number of hydrogen-bond donors (Lipinski definition) is 3. The van der Waals surface area contributed by atoms with Gasteiger partial charge in [0.1, 0.15) is 12.1 Å². The van der Waals surface area contributed by atoms with E-state index >= 15 is 0 Å². The van der Waals surface area contributed by atoms with Crippen molar-refractivity contribution in [2.45, 2.75) is 52.0 Å². The molecule has 0 saturated heterocycles. The lowest BCUT2D eigenvalue weighted by atomic mass is 10.1. The molecule has 0 bridgehead atoms. The zero-order valence-corrected chi connectivity index (χ0v) is 19.2. The molecule has 0 fully saturated rings. The van der Waals surface area contributed by atoms with Gasteiger partial charge in [-0.2, -0.15) is 5.10 Å². The van der Waals surface area contributed by atoms with Crippen LogP contribution in [0.15, 0.2) is 17.5 Å². The summed E-state index contributed by atoms with van der Waals surface area (Å²) in [5, 5.41) is 15.3. The minimum absolute atomic E-state index is 0. The summed E-state index contributed by atoms with van der Waals surface area (Å²) >= 11 is 0. The maximum absolute atomic E-state index is 4.31. The molecule has 0 amide bonds. The van der Waals surface area contributed by atoms with Gasteiger partial charge in [-0.05, 0) is 13.3 Å². The van der Waals surface area contributed by atoms with Crippen LogP contribution in [0.5, 0.6) is 0 Å². The van der Waals surface area contributed by atoms with Crippen molar-refractivity contribution in [2.75, 3.05) is 25.5 Å². The molecule has 8 nitrogen and oxygen atoms in total. The number of fused-ring (bicyclic) bond motifs is 1. The standard InChI is InChI=1S/C18H32N8.HI/c1-5-6-7-8-9-14(2)25-18(19-3)21-11-10-20-16-15-12-24-26(4)17(15)23-13-22-16;/h12-14H,5-11H2,1-4H3,(H2,19,21,25)(H,20,22,23);1H. The first kappa shape index (κ1) is 23.4. The summed E-state index contributed by atoms with van der Waals surface area (Å²) in [6, 6.07) is 0.419. The Morgan fingerprint density at radius 1 is 1.22 bits per heavy atom. The van der Waals surface area contributed by atoms with Crippen LogP contribution < -0.4 is 16.0 Å². The third-order valence-electron chi connectivity index (χ3n) is 4.34. The van der Waals surface area contributed by atoms with E-state index in [1.165, 1.54) is 32.1 Å². The highest BCUT2D eigenvalue weighted by atomic mass is 127. The van der Waals surface area contributed by atoms with Gasteiger partial charge in [0.15, 0.2) is 11.6 Å². The van der Waals surface area contributed by atoms with Crippen molar-refractivity contribution in [3.8, 4) is 0 Å². The number of anilines is 1. The van der Waals surface area contributed by atoms with Crippen molar-refractivity contribution in [3.05, 3.63) is 12.5 Å². The fourth-order valence-corrected chi connectivity index (χ4v) is 2.84. The van der Waals surface area contributed by atoms with Crippen molar-refractivity contribution in [1.29, 1.82) is 0 Å². The predicted octanol–water partition coefficient (Wildman–Crippen LogP) is 2.92. The Hall–Kier alpha value is -1.65. The summed E-state index contributed by atoms with van der Waals surface area (Å²) in [5.74, 6) is 1.64. The van der Waals surface area contributed by atoms with Gasteiger partial charge in [0.05, 0.1) is 11.6 Å². The molecule has 1 atom stereocenters. The normalized spacial score (nSPS) is 12.5. The van der Waals surface area contributed by atoms with Gasteiger partial charge in [0, 0.05) is 33.2 Å². The van der Waals surface area contributed by atoms with Gasteiger partial charge < -0.3 is 16.0 Å². The monoisotopic (exact) mass is 488 g/mol. The van der Waals surface area contributed by atoms with E-state index in [-0.39, 0.29) is 24.0 Å². The number of unbranched alkanes of at least 4 members (excludes halogenated alkanes) is 3. The van der Waals surface area contributed by atoms with Crippen molar-refractivity contribution >= 4 is 46.8 Å². The molecule has 0 saturated carbocycles. The fraction of sp³-hybridized carbons (Fsp3) is 0.667. The Bertz CT molecular complexity index is 700. The summed E-state index contributed by atoms with van der Waals surface area (Å²) in [5.41, 5.74) is 0.824. The van der Waals surface area contributed by atoms with Gasteiger partial charge >= 0.3 is 0 Å². The van der Waals surface area contributed by atoms with E-state index in [1.807, 2.05) is 7.05 Å². The molecule has 0 aromatic carbocycles.